The second-order valence-corrected chi connectivity index (χ2v) is 6.39. The van der Waals surface area contributed by atoms with E-state index in [4.69, 9.17) is 0 Å². The van der Waals surface area contributed by atoms with Gasteiger partial charge < -0.3 is 10.2 Å². The molecule has 3 saturated carbocycles. The first-order chi connectivity index (χ1) is 8.75. The molecule has 0 aromatic heterocycles. The zero-order valence-electron chi connectivity index (χ0n) is 10.5. The average Bonchev–Trinajstić information content (AvgIpc) is 2.41. The van der Waals surface area contributed by atoms with Crippen molar-refractivity contribution in [3.63, 3.8) is 0 Å². The van der Waals surface area contributed by atoms with Gasteiger partial charge in [0.25, 0.3) is 0 Å². The number of aliphatic hydroxyl groups excluding tert-OH is 2. The normalized spacial score (nSPS) is 45.4. The molecule has 6 unspecified atom stereocenters. The van der Waals surface area contributed by atoms with Crippen LogP contribution in [0, 0.1) is 23.7 Å². The Bertz CT molecular complexity index is 427. The minimum atomic E-state index is -0.477. The summed E-state index contributed by atoms with van der Waals surface area (Å²) in [6.07, 6.45) is 3.46. The second-order valence-electron chi connectivity index (χ2n) is 6.39. The van der Waals surface area contributed by atoms with Gasteiger partial charge in [0.05, 0.1) is 12.2 Å². The molecule has 96 valence electrons. The molecule has 0 saturated heterocycles. The number of fused-ring (bicyclic) bond motifs is 3. The summed E-state index contributed by atoms with van der Waals surface area (Å²) in [6.45, 7) is 0. The van der Waals surface area contributed by atoms with Crippen molar-refractivity contribution >= 4 is 0 Å². The van der Waals surface area contributed by atoms with Crippen molar-refractivity contribution in [2.24, 2.45) is 23.7 Å². The fraction of sp³-hybridized carbons (Fsp3) is 0.625. The summed E-state index contributed by atoms with van der Waals surface area (Å²) >= 11 is 0. The summed E-state index contributed by atoms with van der Waals surface area (Å²) in [5.74, 6) is 1.83. The van der Waals surface area contributed by atoms with E-state index in [9.17, 15) is 10.2 Å². The molecule has 5 rings (SSSR count). The molecule has 1 aromatic rings. The Morgan fingerprint density at radius 1 is 0.722 bits per heavy atom. The van der Waals surface area contributed by atoms with Crippen LogP contribution in [0.15, 0.2) is 24.3 Å². The van der Waals surface area contributed by atoms with Gasteiger partial charge >= 0.3 is 0 Å². The lowest BCUT2D eigenvalue weighted by molar-refractivity contribution is -0.163. The van der Waals surface area contributed by atoms with E-state index >= 15 is 0 Å². The minimum Gasteiger partial charge on any atom is -0.390 e. The van der Waals surface area contributed by atoms with E-state index in [1.165, 1.54) is 11.1 Å². The summed E-state index contributed by atoms with van der Waals surface area (Å²) in [5.41, 5.74) is 2.93. The molecule has 2 heteroatoms. The maximum Gasteiger partial charge on any atom is 0.0832 e. The third-order valence-electron chi connectivity index (χ3n) is 5.74. The van der Waals surface area contributed by atoms with Crippen LogP contribution in [0.25, 0.3) is 0 Å². The van der Waals surface area contributed by atoms with Gasteiger partial charge in [-0.15, -0.1) is 0 Å². The van der Waals surface area contributed by atoms with Gasteiger partial charge in [0, 0.05) is 0 Å². The molecule has 4 aliphatic carbocycles. The topological polar surface area (TPSA) is 40.5 Å². The van der Waals surface area contributed by atoms with Crippen molar-refractivity contribution in [2.45, 2.75) is 37.9 Å². The molecule has 1 aromatic carbocycles. The molecule has 2 bridgehead atoms. The summed E-state index contributed by atoms with van der Waals surface area (Å²) in [5, 5.41) is 20.4. The van der Waals surface area contributed by atoms with Gasteiger partial charge in [0.15, 0.2) is 0 Å². The highest BCUT2D eigenvalue weighted by molar-refractivity contribution is 5.32. The molecule has 0 aliphatic heterocycles. The fourth-order valence-corrected chi connectivity index (χ4v) is 4.87. The van der Waals surface area contributed by atoms with Crippen LogP contribution < -0.4 is 0 Å². The molecule has 0 radical (unpaired) electrons. The van der Waals surface area contributed by atoms with Gasteiger partial charge in [-0.05, 0) is 60.5 Å². The Kier molecular flexibility index (Phi) is 2.33. The van der Waals surface area contributed by atoms with Gasteiger partial charge in [-0.25, -0.2) is 0 Å². The number of hydrogen-bond donors (Lipinski definition) is 2. The molecule has 0 spiro atoms. The highest BCUT2D eigenvalue weighted by Crippen LogP contribution is 2.53. The van der Waals surface area contributed by atoms with Crippen molar-refractivity contribution in [1.29, 1.82) is 0 Å². The van der Waals surface area contributed by atoms with Crippen LogP contribution in [0.2, 0.25) is 0 Å². The maximum absolute atomic E-state index is 10.2. The zero-order chi connectivity index (χ0) is 12.3. The Labute approximate surface area is 108 Å². The maximum atomic E-state index is 10.2. The smallest absolute Gasteiger partial charge is 0.0832 e. The minimum absolute atomic E-state index is 0.323. The van der Waals surface area contributed by atoms with Gasteiger partial charge in [0.2, 0.25) is 0 Å². The first kappa shape index (κ1) is 11.0. The van der Waals surface area contributed by atoms with E-state index in [2.05, 4.69) is 24.3 Å². The SMILES string of the molecule is OC1C(O)C2CCC1C1Cc3ccccc3CC21. The molecule has 0 amide bonds. The molecule has 18 heavy (non-hydrogen) atoms. The first-order valence-electron chi connectivity index (χ1n) is 7.18. The van der Waals surface area contributed by atoms with Crippen LogP contribution in [-0.4, -0.2) is 22.4 Å². The molecule has 4 aliphatic rings. The molecule has 2 nitrogen and oxygen atoms in total. The predicted octanol–water partition coefficient (Wildman–Crippen LogP) is 1.78. The van der Waals surface area contributed by atoms with E-state index in [1.54, 1.807) is 0 Å². The Hall–Kier alpha value is -0.860. The monoisotopic (exact) mass is 244 g/mol. The third-order valence-corrected chi connectivity index (χ3v) is 5.74. The van der Waals surface area contributed by atoms with E-state index < -0.39 is 12.2 Å². The molecule has 0 heterocycles. The van der Waals surface area contributed by atoms with E-state index in [-0.39, 0.29) is 0 Å². The Balaban J connectivity index is 1.74. The van der Waals surface area contributed by atoms with Gasteiger partial charge in [-0.1, -0.05) is 24.3 Å². The number of hydrogen-bond acceptors (Lipinski definition) is 2. The third kappa shape index (κ3) is 1.36. The highest BCUT2D eigenvalue weighted by atomic mass is 16.3. The average molecular weight is 244 g/mol. The fourth-order valence-electron chi connectivity index (χ4n) is 4.87. The van der Waals surface area contributed by atoms with Crippen LogP contribution >= 0.6 is 0 Å². The van der Waals surface area contributed by atoms with Crippen molar-refractivity contribution < 1.29 is 10.2 Å². The van der Waals surface area contributed by atoms with E-state index in [0.717, 1.165) is 25.7 Å². The molecule has 3 fully saturated rings. The Morgan fingerprint density at radius 3 is 1.61 bits per heavy atom. The summed E-state index contributed by atoms with van der Waals surface area (Å²) in [6, 6.07) is 8.70. The molecular formula is C16H20O2. The van der Waals surface area contributed by atoms with Crippen LogP contribution in [-0.2, 0) is 12.8 Å². The van der Waals surface area contributed by atoms with Crippen molar-refractivity contribution in [3.05, 3.63) is 35.4 Å². The lowest BCUT2D eigenvalue weighted by Crippen LogP contribution is -2.58. The zero-order valence-corrected chi connectivity index (χ0v) is 10.5. The molecule has 6 atom stereocenters. The predicted molar refractivity (Wildman–Crippen MR) is 69.1 cm³/mol. The lowest BCUT2D eigenvalue weighted by atomic mass is 9.52. The summed E-state index contributed by atoms with van der Waals surface area (Å²) in [7, 11) is 0. The van der Waals surface area contributed by atoms with Crippen LogP contribution in [0.1, 0.15) is 24.0 Å². The summed E-state index contributed by atoms with van der Waals surface area (Å²) in [4.78, 5) is 0. The number of benzene rings is 1. The second kappa shape index (κ2) is 3.82. The van der Waals surface area contributed by atoms with Crippen LogP contribution in [0.5, 0.6) is 0 Å². The van der Waals surface area contributed by atoms with E-state index in [1.807, 2.05) is 0 Å². The lowest BCUT2D eigenvalue weighted by Gasteiger charge is -2.55. The molecular weight excluding hydrogens is 224 g/mol. The number of rotatable bonds is 0. The van der Waals surface area contributed by atoms with E-state index in [0.29, 0.717) is 23.7 Å². The van der Waals surface area contributed by atoms with Gasteiger partial charge in [-0.3, -0.25) is 0 Å². The van der Waals surface area contributed by atoms with Crippen molar-refractivity contribution in [1.82, 2.24) is 0 Å². The standard InChI is InChI=1S/C16H20O2/c17-15-11-5-6-12(16(15)18)14-8-10-4-2-1-3-9(10)7-13(11)14/h1-4,11-18H,5-8H2. The van der Waals surface area contributed by atoms with Crippen molar-refractivity contribution in [2.75, 3.05) is 0 Å². The van der Waals surface area contributed by atoms with Gasteiger partial charge in [-0.2, -0.15) is 0 Å². The quantitative estimate of drug-likeness (QED) is 0.730. The molecule has 2 N–H and O–H groups in total. The van der Waals surface area contributed by atoms with Crippen LogP contribution in [0.3, 0.4) is 0 Å². The number of aliphatic hydroxyl groups is 2. The highest BCUT2D eigenvalue weighted by Gasteiger charge is 2.53. The van der Waals surface area contributed by atoms with Gasteiger partial charge in [0.1, 0.15) is 0 Å². The first-order valence-corrected chi connectivity index (χ1v) is 7.18. The van der Waals surface area contributed by atoms with Crippen molar-refractivity contribution in [3.8, 4) is 0 Å². The van der Waals surface area contributed by atoms with Crippen LogP contribution in [0.4, 0.5) is 0 Å². The largest absolute Gasteiger partial charge is 0.390 e. The summed E-state index contributed by atoms with van der Waals surface area (Å²) < 4.78 is 0. The Morgan fingerprint density at radius 2 is 1.17 bits per heavy atom.